The third kappa shape index (κ3) is 4.04. The lowest BCUT2D eigenvalue weighted by Gasteiger charge is -2.13. The fraction of sp³-hybridized carbons (Fsp3) is 0.133. The van der Waals surface area contributed by atoms with Crippen molar-refractivity contribution in [2.75, 3.05) is 10.6 Å². The molecular weight excluding hydrogens is 320 g/mol. The zero-order chi connectivity index (χ0) is 13.8. The van der Waals surface area contributed by atoms with Crippen LogP contribution in [0.5, 0.6) is 0 Å². The van der Waals surface area contributed by atoms with Crippen LogP contribution in [0.1, 0.15) is 11.1 Å². The number of rotatable bonds is 2. The highest BCUT2D eigenvalue weighted by molar-refractivity contribution is 9.10. The molecule has 0 aromatic heterocycles. The van der Waals surface area contributed by atoms with Gasteiger partial charge >= 0.3 is 0 Å². The number of hydrogen-bond donors (Lipinski definition) is 2. The molecule has 0 atom stereocenters. The Morgan fingerprint density at radius 2 is 1.84 bits per heavy atom. The summed E-state index contributed by atoms with van der Waals surface area (Å²) < 4.78 is 1.06. The molecule has 0 amide bonds. The van der Waals surface area contributed by atoms with Gasteiger partial charge in [0.25, 0.3) is 0 Å². The molecule has 2 rings (SSSR count). The van der Waals surface area contributed by atoms with E-state index in [-0.39, 0.29) is 0 Å². The van der Waals surface area contributed by atoms with Gasteiger partial charge in [-0.2, -0.15) is 0 Å². The van der Waals surface area contributed by atoms with Crippen LogP contribution in [-0.2, 0) is 0 Å². The first-order valence-electron chi connectivity index (χ1n) is 5.95. The molecule has 0 fully saturated rings. The van der Waals surface area contributed by atoms with Crippen LogP contribution in [-0.4, -0.2) is 5.11 Å². The van der Waals surface area contributed by atoms with Crippen LogP contribution in [0.25, 0.3) is 0 Å². The van der Waals surface area contributed by atoms with Gasteiger partial charge in [0.1, 0.15) is 0 Å². The van der Waals surface area contributed by atoms with E-state index in [0.29, 0.717) is 5.11 Å². The number of thiocarbonyl (C=S) groups is 1. The molecule has 0 unspecified atom stereocenters. The van der Waals surface area contributed by atoms with Gasteiger partial charge in [0.2, 0.25) is 0 Å². The second-order valence-corrected chi connectivity index (χ2v) is 5.73. The summed E-state index contributed by atoms with van der Waals surface area (Å²) in [7, 11) is 0. The molecule has 0 radical (unpaired) electrons. The van der Waals surface area contributed by atoms with Crippen molar-refractivity contribution in [3.05, 3.63) is 58.1 Å². The predicted molar refractivity (Wildman–Crippen MR) is 89.9 cm³/mol. The second kappa shape index (κ2) is 6.17. The van der Waals surface area contributed by atoms with Gasteiger partial charge in [0.05, 0.1) is 0 Å². The van der Waals surface area contributed by atoms with E-state index in [9.17, 15) is 0 Å². The van der Waals surface area contributed by atoms with Crippen molar-refractivity contribution in [1.82, 2.24) is 0 Å². The van der Waals surface area contributed by atoms with Crippen molar-refractivity contribution in [2.45, 2.75) is 13.8 Å². The quantitative estimate of drug-likeness (QED) is 0.765. The van der Waals surface area contributed by atoms with E-state index in [1.807, 2.05) is 31.2 Å². The Morgan fingerprint density at radius 1 is 1.05 bits per heavy atom. The molecular formula is C15H15BrN2S. The molecule has 0 saturated heterocycles. The lowest BCUT2D eigenvalue weighted by molar-refractivity contribution is 1.43. The minimum atomic E-state index is 0.594. The van der Waals surface area contributed by atoms with Crippen LogP contribution in [0.15, 0.2) is 46.9 Å². The fourth-order valence-corrected chi connectivity index (χ4v) is 2.48. The Kier molecular flexibility index (Phi) is 4.56. The Balaban J connectivity index is 2.05. The number of halogens is 1. The first-order valence-corrected chi connectivity index (χ1v) is 7.15. The van der Waals surface area contributed by atoms with E-state index in [1.165, 1.54) is 5.56 Å². The maximum atomic E-state index is 5.32. The molecule has 0 heterocycles. The minimum absolute atomic E-state index is 0.594. The average molecular weight is 335 g/mol. The molecule has 2 nitrogen and oxygen atoms in total. The van der Waals surface area contributed by atoms with Crippen LogP contribution in [0.2, 0.25) is 0 Å². The summed E-state index contributed by atoms with van der Waals surface area (Å²) in [6.45, 7) is 4.10. The molecule has 0 aliphatic heterocycles. The Morgan fingerprint density at radius 3 is 2.53 bits per heavy atom. The van der Waals surface area contributed by atoms with Gasteiger partial charge in [-0.15, -0.1) is 0 Å². The third-order valence-corrected chi connectivity index (χ3v) is 3.41. The molecule has 2 aromatic carbocycles. The second-order valence-electron chi connectivity index (χ2n) is 4.41. The van der Waals surface area contributed by atoms with Gasteiger partial charge in [-0.25, -0.2) is 0 Å². The van der Waals surface area contributed by atoms with Gasteiger partial charge in [-0.3, -0.25) is 0 Å². The number of aryl methyl sites for hydroxylation is 2. The predicted octanol–water partition coefficient (Wildman–Crippen LogP) is 4.87. The fourth-order valence-electron chi connectivity index (χ4n) is 1.77. The largest absolute Gasteiger partial charge is 0.332 e. The van der Waals surface area contributed by atoms with E-state index < -0.39 is 0 Å². The topological polar surface area (TPSA) is 24.1 Å². The van der Waals surface area contributed by atoms with Crippen LogP contribution in [0.4, 0.5) is 11.4 Å². The van der Waals surface area contributed by atoms with E-state index in [2.05, 4.69) is 51.7 Å². The average Bonchev–Trinajstić information content (AvgIpc) is 2.33. The normalized spacial score (nSPS) is 10.1. The molecule has 0 aliphatic carbocycles. The van der Waals surface area contributed by atoms with Crippen LogP contribution in [0, 0.1) is 13.8 Å². The van der Waals surface area contributed by atoms with Crippen LogP contribution < -0.4 is 10.6 Å². The molecule has 4 heteroatoms. The van der Waals surface area contributed by atoms with Crippen molar-refractivity contribution in [1.29, 1.82) is 0 Å². The SMILES string of the molecule is Cc1cccc(NC(=S)Nc2ccc(Br)cc2C)c1. The first-order chi connectivity index (χ1) is 9.04. The van der Waals surface area contributed by atoms with Crippen LogP contribution in [0.3, 0.4) is 0 Å². The van der Waals surface area contributed by atoms with Crippen molar-refractivity contribution in [3.63, 3.8) is 0 Å². The Labute approximate surface area is 127 Å². The molecule has 0 saturated carbocycles. The van der Waals surface area contributed by atoms with Crippen molar-refractivity contribution in [2.24, 2.45) is 0 Å². The van der Waals surface area contributed by atoms with Crippen molar-refractivity contribution < 1.29 is 0 Å². The summed E-state index contributed by atoms with van der Waals surface area (Å²) in [6.07, 6.45) is 0. The maximum Gasteiger partial charge on any atom is 0.175 e. The lowest BCUT2D eigenvalue weighted by atomic mass is 10.2. The summed E-state index contributed by atoms with van der Waals surface area (Å²) in [5, 5.41) is 6.98. The molecule has 2 N–H and O–H groups in total. The van der Waals surface area contributed by atoms with E-state index in [1.54, 1.807) is 0 Å². The van der Waals surface area contributed by atoms with E-state index in [0.717, 1.165) is 21.4 Å². The van der Waals surface area contributed by atoms with Gasteiger partial charge in [0.15, 0.2) is 5.11 Å². The summed E-state index contributed by atoms with van der Waals surface area (Å²) in [4.78, 5) is 0. The standard InChI is InChI=1S/C15H15BrN2S/c1-10-4-3-5-13(8-10)17-15(19)18-14-7-6-12(16)9-11(14)2/h3-9H,1-2H3,(H2,17,18,19). The molecule has 0 aliphatic rings. The molecule has 19 heavy (non-hydrogen) atoms. The highest BCUT2D eigenvalue weighted by atomic mass is 79.9. The minimum Gasteiger partial charge on any atom is -0.332 e. The number of benzene rings is 2. The summed E-state index contributed by atoms with van der Waals surface area (Å²) >= 11 is 8.77. The van der Waals surface area contributed by atoms with Gasteiger partial charge in [0, 0.05) is 15.8 Å². The van der Waals surface area contributed by atoms with Crippen LogP contribution >= 0.6 is 28.1 Å². The lowest BCUT2D eigenvalue weighted by Crippen LogP contribution is -2.19. The molecule has 2 aromatic rings. The van der Waals surface area contributed by atoms with Gasteiger partial charge in [-0.1, -0.05) is 28.1 Å². The van der Waals surface area contributed by atoms with Crippen molar-refractivity contribution in [3.8, 4) is 0 Å². The highest BCUT2D eigenvalue weighted by Crippen LogP contribution is 2.20. The number of anilines is 2. The zero-order valence-electron chi connectivity index (χ0n) is 10.8. The van der Waals surface area contributed by atoms with Gasteiger partial charge < -0.3 is 10.6 Å². The zero-order valence-corrected chi connectivity index (χ0v) is 13.2. The third-order valence-electron chi connectivity index (χ3n) is 2.71. The number of hydrogen-bond acceptors (Lipinski definition) is 1. The summed E-state index contributed by atoms with van der Waals surface area (Å²) in [5.74, 6) is 0. The summed E-state index contributed by atoms with van der Waals surface area (Å²) in [6, 6.07) is 14.2. The Hall–Kier alpha value is -1.39. The van der Waals surface area contributed by atoms with E-state index >= 15 is 0 Å². The molecule has 98 valence electrons. The highest BCUT2D eigenvalue weighted by Gasteiger charge is 2.02. The summed E-state index contributed by atoms with van der Waals surface area (Å²) in [5.41, 5.74) is 4.34. The molecule has 0 spiro atoms. The van der Waals surface area contributed by atoms with E-state index in [4.69, 9.17) is 12.2 Å². The first kappa shape index (κ1) is 14.0. The maximum absolute atomic E-state index is 5.32. The van der Waals surface area contributed by atoms with Gasteiger partial charge in [-0.05, 0) is 67.5 Å². The Bertz CT molecular complexity index is 611. The smallest absolute Gasteiger partial charge is 0.175 e. The van der Waals surface area contributed by atoms with Crippen molar-refractivity contribution >= 4 is 44.6 Å². The molecule has 0 bridgehead atoms. The monoisotopic (exact) mass is 334 g/mol. The number of nitrogens with one attached hydrogen (secondary N) is 2.